The number of hydrogen-bond donors (Lipinski definition) is 2. The predicted octanol–water partition coefficient (Wildman–Crippen LogP) is 14.6. The van der Waals surface area contributed by atoms with Gasteiger partial charge in [-0.25, -0.2) is 0 Å². The molecule has 0 spiro atoms. The van der Waals surface area contributed by atoms with E-state index in [-0.39, 0.29) is 83.9 Å². The molecular formula is C57H107KO10S. The smallest absolute Gasteiger partial charge is 1.00 e. The van der Waals surface area contributed by atoms with Crippen LogP contribution in [0, 0.1) is 0 Å². The minimum Gasteiger partial charge on any atom is -1.00 e. The number of carbonyl (C=O) groups is 3. The molecule has 10 nitrogen and oxygen atoms in total. The molecule has 0 amide bonds. The van der Waals surface area contributed by atoms with Crippen molar-refractivity contribution in [2.45, 2.75) is 297 Å². The fraction of sp³-hybridized carbons (Fsp3) is 0.842. The molecule has 0 saturated heterocycles. The van der Waals surface area contributed by atoms with Crippen molar-refractivity contribution < 1.29 is 98.9 Å². The first-order valence-corrected chi connectivity index (χ1v) is 29.6. The summed E-state index contributed by atoms with van der Waals surface area (Å²) in [5, 5.41) is 0. The molecule has 0 aliphatic heterocycles. The fourth-order valence-electron chi connectivity index (χ4n) is 7.90. The van der Waals surface area contributed by atoms with Gasteiger partial charge in [0.2, 0.25) is 0 Å². The van der Waals surface area contributed by atoms with E-state index in [1.807, 2.05) is 0 Å². The second-order valence-corrected chi connectivity index (χ2v) is 19.8. The van der Waals surface area contributed by atoms with Gasteiger partial charge in [0.1, 0.15) is 13.2 Å². The second-order valence-electron chi connectivity index (χ2n) is 18.9. The van der Waals surface area contributed by atoms with E-state index in [4.69, 9.17) is 31.7 Å². The summed E-state index contributed by atoms with van der Waals surface area (Å²) in [7, 11) is -4.67. The van der Waals surface area contributed by atoms with Crippen molar-refractivity contribution >= 4 is 28.3 Å². The van der Waals surface area contributed by atoms with E-state index in [0.29, 0.717) is 19.3 Å². The van der Waals surface area contributed by atoms with E-state index in [0.717, 1.165) is 77.0 Å². The molecule has 69 heavy (non-hydrogen) atoms. The Morgan fingerprint density at radius 3 is 0.826 bits per heavy atom. The molecule has 0 heterocycles. The van der Waals surface area contributed by atoms with E-state index in [1.165, 1.54) is 173 Å². The fourth-order valence-corrected chi connectivity index (χ4v) is 7.90. The van der Waals surface area contributed by atoms with E-state index < -0.39 is 16.5 Å². The molecule has 402 valence electrons. The standard InChI is InChI=1S/C57H104O6.K.H2O4S.H/c1-4-7-10-13-16-19-22-25-28-31-34-37-40-43-46-49-55(58)61-52-54(63-57(60)51-48-45-42-39-36-33-30-27-24-21-18-15-12-9-6-3)53-62-56(59)50-47-44-41-38-35-32-29-26-23-20-17-14-11-8-5-2;;1-5(2,3)4;/h25-30,54H,4-24,31-53H2,1-3H3;;(H2,1,2,3,4);/q;+1;;-1/b28-25+,29-26+,30-27+;;;. The van der Waals surface area contributed by atoms with Crippen LogP contribution < -0.4 is 51.4 Å². The number of allylic oxidation sites excluding steroid dienone is 6. The molecule has 0 fully saturated rings. The van der Waals surface area contributed by atoms with Gasteiger partial charge in [-0.2, -0.15) is 8.42 Å². The Hall–Kier alpha value is -0.864. The number of ether oxygens (including phenoxy) is 3. The molecule has 0 aliphatic carbocycles. The maximum atomic E-state index is 12.8. The van der Waals surface area contributed by atoms with Crippen molar-refractivity contribution in [3.05, 3.63) is 36.5 Å². The van der Waals surface area contributed by atoms with Crippen LogP contribution in [0.25, 0.3) is 0 Å². The van der Waals surface area contributed by atoms with Crippen molar-refractivity contribution in [1.82, 2.24) is 0 Å². The third-order valence-corrected chi connectivity index (χ3v) is 12.1. The summed E-state index contributed by atoms with van der Waals surface area (Å²) >= 11 is 0. The monoisotopic (exact) mass is 1020 g/mol. The maximum Gasteiger partial charge on any atom is 1.00 e. The zero-order valence-corrected chi connectivity index (χ0v) is 49.2. The van der Waals surface area contributed by atoms with Crippen LogP contribution in [0.3, 0.4) is 0 Å². The predicted molar refractivity (Wildman–Crippen MR) is 285 cm³/mol. The molecule has 0 unspecified atom stereocenters. The first-order chi connectivity index (χ1) is 33.0. The molecule has 0 rings (SSSR count). The summed E-state index contributed by atoms with van der Waals surface area (Å²) in [6.45, 7) is 6.63. The Balaban J connectivity index is -0.00000294. The molecule has 0 aromatic heterocycles. The van der Waals surface area contributed by atoms with Gasteiger partial charge in [-0.3, -0.25) is 23.5 Å². The second kappa shape index (κ2) is 59.7. The molecular weight excluding hydrogens is 916 g/mol. The minimum absolute atomic E-state index is 0. The van der Waals surface area contributed by atoms with Crippen LogP contribution in [0.4, 0.5) is 0 Å². The average molecular weight is 1020 g/mol. The summed E-state index contributed by atoms with van der Waals surface area (Å²) in [6.07, 6.45) is 61.2. The average Bonchev–Trinajstić information content (AvgIpc) is 3.30. The van der Waals surface area contributed by atoms with Crippen LogP contribution in [0.1, 0.15) is 292 Å². The first kappa shape index (κ1) is 72.4. The van der Waals surface area contributed by atoms with Crippen molar-refractivity contribution in [2.24, 2.45) is 0 Å². The van der Waals surface area contributed by atoms with Crippen LogP contribution in [0.5, 0.6) is 0 Å². The van der Waals surface area contributed by atoms with Crippen molar-refractivity contribution in [1.29, 1.82) is 0 Å². The SMILES string of the molecule is CCCCCCCC/C=C/CCCCCCCC(=O)OCC(COC(=O)CCCCCCC/C=C/CCCCCCCC)OC(=O)CCCCCCC/C=C/CCCCCCCC.O=S(=O)(O)O.[H-].[K+]. The van der Waals surface area contributed by atoms with Crippen LogP contribution >= 0.6 is 0 Å². The Bertz CT molecular complexity index is 1250. The van der Waals surface area contributed by atoms with Gasteiger partial charge in [-0.1, -0.05) is 211 Å². The van der Waals surface area contributed by atoms with E-state index in [9.17, 15) is 14.4 Å². The molecule has 0 aromatic carbocycles. The van der Waals surface area contributed by atoms with E-state index in [2.05, 4.69) is 57.2 Å². The third kappa shape index (κ3) is 69.2. The van der Waals surface area contributed by atoms with Crippen molar-refractivity contribution in [3.63, 3.8) is 0 Å². The number of rotatable bonds is 50. The quantitative estimate of drug-likeness (QED) is 0.0150. The van der Waals surface area contributed by atoms with Gasteiger partial charge in [0.25, 0.3) is 0 Å². The van der Waals surface area contributed by atoms with Crippen LogP contribution in [-0.2, 0) is 39.0 Å². The molecule has 0 aromatic rings. The van der Waals surface area contributed by atoms with Gasteiger partial charge in [-0.15, -0.1) is 0 Å². The van der Waals surface area contributed by atoms with Gasteiger partial charge >= 0.3 is 79.7 Å². The summed E-state index contributed by atoms with van der Waals surface area (Å²) < 4.78 is 48.4. The molecule has 0 saturated carbocycles. The molecule has 0 atom stereocenters. The van der Waals surface area contributed by atoms with E-state index >= 15 is 0 Å². The normalized spacial score (nSPS) is 11.6. The van der Waals surface area contributed by atoms with Gasteiger partial charge in [-0.05, 0) is 96.3 Å². The number of carbonyl (C=O) groups excluding carboxylic acids is 3. The van der Waals surface area contributed by atoms with E-state index in [1.54, 1.807) is 0 Å². The first-order valence-electron chi connectivity index (χ1n) is 28.2. The Morgan fingerprint density at radius 1 is 0.377 bits per heavy atom. The van der Waals surface area contributed by atoms with Crippen LogP contribution in [0.15, 0.2) is 36.5 Å². The van der Waals surface area contributed by atoms with Crippen LogP contribution in [0.2, 0.25) is 0 Å². The maximum absolute atomic E-state index is 12.8. The van der Waals surface area contributed by atoms with Crippen molar-refractivity contribution in [2.75, 3.05) is 13.2 Å². The summed E-state index contributed by atoms with van der Waals surface area (Å²) in [6, 6.07) is 0. The number of esters is 3. The minimum atomic E-state index is -4.67. The summed E-state index contributed by atoms with van der Waals surface area (Å²) in [5.74, 6) is -0.893. The third-order valence-electron chi connectivity index (χ3n) is 12.1. The van der Waals surface area contributed by atoms with Crippen LogP contribution in [-0.4, -0.2) is 54.7 Å². The number of unbranched alkanes of at least 4 members (excludes halogenated alkanes) is 33. The zero-order chi connectivity index (χ0) is 50.3. The Kier molecular flexibility index (Phi) is 62.6. The molecule has 2 N–H and O–H groups in total. The van der Waals surface area contributed by atoms with Gasteiger partial charge < -0.3 is 15.6 Å². The topological polar surface area (TPSA) is 153 Å². The molecule has 0 aliphatic rings. The largest absolute Gasteiger partial charge is 1.00 e. The van der Waals surface area contributed by atoms with Crippen molar-refractivity contribution in [3.8, 4) is 0 Å². The Labute approximate surface area is 469 Å². The summed E-state index contributed by atoms with van der Waals surface area (Å²) in [5.41, 5.74) is 0. The number of hydrogen-bond acceptors (Lipinski definition) is 8. The molecule has 0 radical (unpaired) electrons. The molecule has 12 heteroatoms. The Morgan fingerprint density at radius 2 is 0.580 bits per heavy atom. The van der Waals surface area contributed by atoms with Gasteiger partial charge in [0.15, 0.2) is 6.10 Å². The molecule has 0 bridgehead atoms. The summed E-state index contributed by atoms with van der Waals surface area (Å²) in [4.78, 5) is 38.0. The van der Waals surface area contributed by atoms with Gasteiger partial charge in [0.05, 0.1) is 0 Å². The zero-order valence-electron chi connectivity index (χ0n) is 46.2. The van der Waals surface area contributed by atoms with Gasteiger partial charge in [0, 0.05) is 19.3 Å².